The first-order valence-electron chi connectivity index (χ1n) is 10.8. The Hall–Kier alpha value is -2.04. The zero-order valence-corrected chi connectivity index (χ0v) is 20.9. The summed E-state index contributed by atoms with van der Waals surface area (Å²) in [5, 5.41) is 0. The number of rotatable bonds is 7. The molecule has 0 fully saturated rings. The van der Waals surface area contributed by atoms with Crippen molar-refractivity contribution in [1.29, 1.82) is 0 Å². The van der Waals surface area contributed by atoms with Crippen molar-refractivity contribution in [3.05, 3.63) is 35.4 Å². The second-order valence-electron chi connectivity index (χ2n) is 10.8. The van der Waals surface area contributed by atoms with Gasteiger partial charge in [0.2, 0.25) is 5.91 Å². The van der Waals surface area contributed by atoms with Crippen LogP contribution in [-0.4, -0.2) is 47.0 Å². The molecule has 170 valence electrons. The van der Waals surface area contributed by atoms with E-state index in [2.05, 4.69) is 26.0 Å². The molecule has 0 saturated heterocycles. The summed E-state index contributed by atoms with van der Waals surface area (Å²) in [7, 11) is 3.53. The van der Waals surface area contributed by atoms with Gasteiger partial charge in [0, 0.05) is 19.5 Å². The van der Waals surface area contributed by atoms with Crippen molar-refractivity contribution in [2.75, 3.05) is 14.1 Å². The Bertz CT molecular complexity index is 728. The number of carbonyl (C=O) groups excluding carboxylic acids is 2. The van der Waals surface area contributed by atoms with E-state index in [0.29, 0.717) is 5.92 Å². The smallest absolute Gasteiger partial charge is 0.410 e. The van der Waals surface area contributed by atoms with E-state index in [1.165, 1.54) is 5.56 Å². The third-order valence-corrected chi connectivity index (χ3v) is 6.42. The summed E-state index contributed by atoms with van der Waals surface area (Å²) in [6.07, 6.45) is 0.628. The minimum absolute atomic E-state index is 0.0313. The molecule has 0 aliphatic rings. The molecular weight excluding hydrogens is 376 g/mol. The number of hydrogen-bond donors (Lipinski definition) is 0. The Balaban J connectivity index is 2.85. The van der Waals surface area contributed by atoms with Gasteiger partial charge in [0.1, 0.15) is 6.61 Å². The van der Waals surface area contributed by atoms with Gasteiger partial charge in [-0.3, -0.25) is 4.79 Å². The fourth-order valence-corrected chi connectivity index (χ4v) is 3.29. The van der Waals surface area contributed by atoms with E-state index in [-0.39, 0.29) is 12.5 Å². The molecule has 0 atom stereocenters. The van der Waals surface area contributed by atoms with Gasteiger partial charge in [-0.05, 0) is 51.2 Å². The molecule has 0 aliphatic carbocycles. The third kappa shape index (κ3) is 5.99. The molecule has 0 N–H and O–H groups in total. The normalized spacial score (nSPS) is 12.7. The molecule has 0 heterocycles. The van der Waals surface area contributed by atoms with Crippen LogP contribution >= 0.6 is 0 Å². The molecule has 5 heteroatoms. The molecule has 0 spiro atoms. The highest BCUT2D eigenvalue weighted by molar-refractivity contribution is 5.82. The van der Waals surface area contributed by atoms with Crippen LogP contribution in [-0.2, 0) is 22.6 Å². The van der Waals surface area contributed by atoms with Crippen molar-refractivity contribution in [1.82, 2.24) is 9.80 Å². The minimum Gasteiger partial charge on any atom is -0.445 e. The molecule has 0 aromatic heterocycles. The predicted molar refractivity (Wildman–Crippen MR) is 123 cm³/mol. The Labute approximate surface area is 183 Å². The van der Waals surface area contributed by atoms with Crippen molar-refractivity contribution in [2.24, 2.45) is 11.3 Å². The van der Waals surface area contributed by atoms with E-state index >= 15 is 0 Å². The zero-order valence-electron chi connectivity index (χ0n) is 20.9. The van der Waals surface area contributed by atoms with Crippen LogP contribution in [0.2, 0.25) is 0 Å². The first-order valence-corrected chi connectivity index (χ1v) is 10.8. The van der Waals surface area contributed by atoms with Crippen LogP contribution in [0, 0.1) is 11.3 Å². The maximum absolute atomic E-state index is 12.8. The summed E-state index contributed by atoms with van der Waals surface area (Å²) >= 11 is 0. The Morgan fingerprint density at radius 2 is 1.27 bits per heavy atom. The second kappa shape index (κ2) is 9.40. The second-order valence-corrected chi connectivity index (χ2v) is 10.8. The molecule has 0 saturated carbocycles. The van der Waals surface area contributed by atoms with Gasteiger partial charge in [-0.2, -0.15) is 0 Å². The fourth-order valence-electron chi connectivity index (χ4n) is 3.29. The fraction of sp³-hybridized carbons (Fsp3) is 0.680. The molecule has 30 heavy (non-hydrogen) atoms. The average molecular weight is 419 g/mol. The quantitative estimate of drug-likeness (QED) is 0.586. The number of carbonyl (C=O) groups is 2. The summed E-state index contributed by atoms with van der Waals surface area (Å²) in [6, 6.07) is 8.20. The molecule has 0 radical (unpaired) electrons. The van der Waals surface area contributed by atoms with Crippen molar-refractivity contribution < 1.29 is 14.3 Å². The molecular formula is C25H42N2O3. The number of amides is 2. The lowest BCUT2D eigenvalue weighted by molar-refractivity contribution is -0.148. The molecule has 1 aromatic rings. The van der Waals surface area contributed by atoms with E-state index in [9.17, 15) is 9.59 Å². The molecule has 2 amide bonds. The third-order valence-electron chi connectivity index (χ3n) is 6.42. The van der Waals surface area contributed by atoms with Crippen molar-refractivity contribution in [2.45, 2.75) is 86.4 Å². The van der Waals surface area contributed by atoms with E-state index in [1.807, 2.05) is 60.6 Å². The summed E-state index contributed by atoms with van der Waals surface area (Å²) in [5.41, 5.74) is 0.487. The summed E-state index contributed by atoms with van der Waals surface area (Å²) in [5.74, 6) is 0.639. The van der Waals surface area contributed by atoms with Crippen LogP contribution < -0.4 is 0 Å². The van der Waals surface area contributed by atoms with Gasteiger partial charge in [-0.25, -0.2) is 4.79 Å². The number of benzene rings is 1. The van der Waals surface area contributed by atoms with Gasteiger partial charge in [-0.1, -0.05) is 58.9 Å². The van der Waals surface area contributed by atoms with Gasteiger partial charge in [0.15, 0.2) is 0 Å². The summed E-state index contributed by atoms with van der Waals surface area (Å²) in [4.78, 5) is 29.0. The van der Waals surface area contributed by atoms with E-state index in [4.69, 9.17) is 4.74 Å². The SMILES string of the molecule is CC(C)Cc1ccc(COC(=O)N(C)C(C)(C)C(C)(C)N(C)C(=O)C(C)(C)C)cc1. The highest BCUT2D eigenvalue weighted by Gasteiger charge is 2.48. The van der Waals surface area contributed by atoms with Crippen molar-refractivity contribution >= 4 is 12.0 Å². The van der Waals surface area contributed by atoms with Crippen LogP contribution in [0.4, 0.5) is 4.79 Å². The van der Waals surface area contributed by atoms with E-state index < -0.39 is 22.6 Å². The molecule has 0 bridgehead atoms. The monoisotopic (exact) mass is 418 g/mol. The van der Waals surface area contributed by atoms with Crippen molar-refractivity contribution in [3.63, 3.8) is 0 Å². The van der Waals surface area contributed by atoms with Crippen LogP contribution in [0.1, 0.15) is 73.4 Å². The Morgan fingerprint density at radius 3 is 1.70 bits per heavy atom. The highest BCUT2D eigenvalue weighted by Crippen LogP contribution is 2.34. The highest BCUT2D eigenvalue weighted by atomic mass is 16.6. The standard InChI is InChI=1S/C25H42N2O3/c1-18(2)16-19-12-14-20(15-13-19)17-30-22(29)27(11)25(8,9)24(6,7)26(10)21(28)23(3,4)5/h12-15,18H,16-17H2,1-11H3. The average Bonchev–Trinajstić information content (AvgIpc) is 2.63. The van der Waals surface area contributed by atoms with E-state index in [0.717, 1.165) is 12.0 Å². The topological polar surface area (TPSA) is 49.9 Å². The van der Waals surface area contributed by atoms with Crippen LogP contribution in [0.5, 0.6) is 0 Å². The lowest BCUT2D eigenvalue weighted by Gasteiger charge is -2.52. The predicted octanol–water partition coefficient (Wildman–Crippen LogP) is 5.52. The van der Waals surface area contributed by atoms with Crippen molar-refractivity contribution in [3.8, 4) is 0 Å². The summed E-state index contributed by atoms with van der Waals surface area (Å²) < 4.78 is 5.58. The van der Waals surface area contributed by atoms with Gasteiger partial charge in [0.25, 0.3) is 0 Å². The van der Waals surface area contributed by atoms with Gasteiger partial charge < -0.3 is 14.5 Å². The molecule has 1 aromatic carbocycles. The molecule has 0 unspecified atom stereocenters. The van der Waals surface area contributed by atoms with Crippen LogP contribution in [0.25, 0.3) is 0 Å². The number of likely N-dealkylation sites (N-methyl/N-ethyl adjacent to an activating group) is 2. The Morgan fingerprint density at radius 1 is 0.833 bits per heavy atom. The lowest BCUT2D eigenvalue weighted by atomic mass is 9.78. The summed E-state index contributed by atoms with van der Waals surface area (Å²) in [6.45, 7) is 18.2. The first-order chi connectivity index (χ1) is 13.5. The first kappa shape index (κ1) is 26.0. The Kier molecular flexibility index (Phi) is 8.15. The number of ether oxygens (including phenoxy) is 1. The number of hydrogen-bond acceptors (Lipinski definition) is 3. The number of nitrogens with zero attached hydrogens (tertiary/aromatic N) is 2. The van der Waals surface area contributed by atoms with Crippen LogP contribution in [0.15, 0.2) is 24.3 Å². The van der Waals surface area contributed by atoms with Gasteiger partial charge in [-0.15, -0.1) is 0 Å². The maximum atomic E-state index is 12.8. The minimum atomic E-state index is -0.652. The molecule has 5 nitrogen and oxygen atoms in total. The largest absolute Gasteiger partial charge is 0.445 e. The van der Waals surface area contributed by atoms with Crippen LogP contribution in [0.3, 0.4) is 0 Å². The van der Waals surface area contributed by atoms with E-state index in [1.54, 1.807) is 23.9 Å². The van der Waals surface area contributed by atoms with Gasteiger partial charge >= 0.3 is 6.09 Å². The zero-order chi connectivity index (χ0) is 23.5. The lowest BCUT2D eigenvalue weighted by Crippen LogP contribution is -2.66. The maximum Gasteiger partial charge on any atom is 0.410 e. The molecule has 1 rings (SSSR count). The van der Waals surface area contributed by atoms with Gasteiger partial charge in [0.05, 0.1) is 11.1 Å². The molecule has 0 aliphatic heterocycles.